The average Bonchev–Trinajstić information content (AvgIpc) is 3.59. The average molecular weight is 425 g/mol. The van der Waals surface area contributed by atoms with Crippen LogP contribution in [0.2, 0.25) is 0 Å². The molecular formula is C25H36N4O2. The fourth-order valence-electron chi connectivity index (χ4n) is 4.59. The monoisotopic (exact) mass is 424 g/mol. The van der Waals surface area contributed by atoms with E-state index in [0.29, 0.717) is 12.6 Å². The summed E-state index contributed by atoms with van der Waals surface area (Å²) < 4.78 is 7.75. The second kappa shape index (κ2) is 9.98. The van der Waals surface area contributed by atoms with Crippen molar-refractivity contribution in [2.45, 2.75) is 64.3 Å². The van der Waals surface area contributed by atoms with E-state index >= 15 is 0 Å². The molecule has 1 aromatic carbocycles. The molecule has 1 unspecified atom stereocenters. The van der Waals surface area contributed by atoms with Gasteiger partial charge in [-0.15, -0.1) is 6.58 Å². The molecule has 4 rings (SSSR count). The van der Waals surface area contributed by atoms with Crippen molar-refractivity contribution in [2.75, 3.05) is 26.7 Å². The van der Waals surface area contributed by atoms with E-state index in [1.807, 2.05) is 24.3 Å². The number of fused-ring (bicyclic) bond motifs is 1. The fraction of sp³-hybridized carbons (Fsp3) is 0.560. The maximum Gasteiger partial charge on any atom is 0.144 e. The Kier molecular flexibility index (Phi) is 7.10. The minimum absolute atomic E-state index is 0.321. The van der Waals surface area contributed by atoms with Crippen LogP contribution in [-0.2, 0) is 19.5 Å². The summed E-state index contributed by atoms with van der Waals surface area (Å²) in [5.74, 6) is 0.844. The van der Waals surface area contributed by atoms with Gasteiger partial charge in [0.15, 0.2) is 0 Å². The molecule has 1 N–H and O–H groups in total. The van der Waals surface area contributed by atoms with Crippen molar-refractivity contribution >= 4 is 0 Å². The molecule has 1 aliphatic carbocycles. The van der Waals surface area contributed by atoms with E-state index in [-0.39, 0.29) is 6.10 Å². The molecule has 0 amide bonds. The lowest BCUT2D eigenvalue weighted by atomic mass is 10.0. The summed E-state index contributed by atoms with van der Waals surface area (Å²) in [7, 11) is 1.72. The number of aromatic nitrogens is 2. The minimum atomic E-state index is -0.321. The molecule has 1 saturated carbocycles. The Labute approximate surface area is 186 Å². The summed E-state index contributed by atoms with van der Waals surface area (Å²) in [6.45, 7) is 10.5. The van der Waals surface area contributed by atoms with E-state index in [1.54, 1.807) is 7.11 Å². The quantitative estimate of drug-likeness (QED) is 0.559. The van der Waals surface area contributed by atoms with Gasteiger partial charge in [-0.1, -0.05) is 25.1 Å². The topological polar surface area (TPSA) is 53.8 Å². The van der Waals surface area contributed by atoms with Gasteiger partial charge < -0.3 is 9.84 Å². The second-order valence-electron chi connectivity index (χ2n) is 8.75. The summed E-state index contributed by atoms with van der Waals surface area (Å²) in [4.78, 5) is 4.92. The first-order valence-corrected chi connectivity index (χ1v) is 11.6. The number of aliphatic hydroxyl groups is 1. The summed E-state index contributed by atoms with van der Waals surface area (Å²) >= 11 is 0. The molecule has 0 radical (unpaired) electrons. The number of hydrogen-bond acceptors (Lipinski definition) is 5. The third-order valence-electron chi connectivity index (χ3n) is 6.55. The molecular weight excluding hydrogens is 388 g/mol. The van der Waals surface area contributed by atoms with Crippen molar-refractivity contribution < 1.29 is 9.84 Å². The largest absolute Gasteiger partial charge is 0.494 e. The zero-order valence-electron chi connectivity index (χ0n) is 19.0. The highest BCUT2D eigenvalue weighted by Gasteiger charge is 2.33. The lowest BCUT2D eigenvalue weighted by Gasteiger charge is -2.28. The Balaban J connectivity index is 1.65. The van der Waals surface area contributed by atoms with Crippen LogP contribution in [0.1, 0.15) is 49.6 Å². The van der Waals surface area contributed by atoms with Gasteiger partial charge in [0.05, 0.1) is 24.6 Å². The van der Waals surface area contributed by atoms with Crippen LogP contribution in [0, 0.1) is 0 Å². The summed E-state index contributed by atoms with van der Waals surface area (Å²) in [6.07, 6.45) is 6.59. The standard InChI is InChI=1S/C25H36N4O2/c1-4-6-9-20(30)16-28(19-12-13-19)18-22-21-17-27(5-2)15-14-23(21)29(26-22)24-10-7-8-11-25(24)31-3/h4,7-8,10-11,19-20,30H,1,5-6,9,12-18H2,2-3H3. The zero-order valence-corrected chi connectivity index (χ0v) is 19.0. The highest BCUT2D eigenvalue weighted by Crippen LogP contribution is 2.33. The third-order valence-corrected chi connectivity index (χ3v) is 6.55. The van der Waals surface area contributed by atoms with Crippen molar-refractivity contribution in [3.63, 3.8) is 0 Å². The van der Waals surface area contributed by atoms with Crippen LogP contribution < -0.4 is 4.74 Å². The number of ether oxygens (including phenoxy) is 1. The van der Waals surface area contributed by atoms with E-state index in [2.05, 4.69) is 34.1 Å². The molecule has 0 saturated heterocycles. The molecule has 1 aliphatic heterocycles. The molecule has 31 heavy (non-hydrogen) atoms. The van der Waals surface area contributed by atoms with Gasteiger partial charge in [0.1, 0.15) is 11.4 Å². The highest BCUT2D eigenvalue weighted by atomic mass is 16.5. The lowest BCUT2D eigenvalue weighted by molar-refractivity contribution is 0.0969. The maximum absolute atomic E-state index is 10.5. The van der Waals surface area contributed by atoms with Crippen LogP contribution in [0.15, 0.2) is 36.9 Å². The molecule has 2 aliphatic rings. The van der Waals surface area contributed by atoms with Crippen molar-refractivity contribution in [1.29, 1.82) is 0 Å². The van der Waals surface area contributed by atoms with Gasteiger partial charge in [-0.3, -0.25) is 9.80 Å². The van der Waals surface area contributed by atoms with Gasteiger partial charge in [0.25, 0.3) is 0 Å². The van der Waals surface area contributed by atoms with Crippen molar-refractivity contribution in [1.82, 2.24) is 19.6 Å². The van der Waals surface area contributed by atoms with E-state index in [0.717, 1.165) is 62.6 Å². The molecule has 168 valence electrons. The number of rotatable bonds is 11. The zero-order chi connectivity index (χ0) is 21.8. The Morgan fingerprint density at radius 1 is 1.35 bits per heavy atom. The van der Waals surface area contributed by atoms with Gasteiger partial charge in [0, 0.05) is 44.2 Å². The molecule has 6 nitrogen and oxygen atoms in total. The number of aliphatic hydroxyl groups excluding tert-OH is 1. The number of allylic oxidation sites excluding steroid dienone is 1. The maximum atomic E-state index is 10.5. The predicted molar refractivity (Wildman–Crippen MR) is 124 cm³/mol. The number of hydrogen-bond donors (Lipinski definition) is 1. The van der Waals surface area contributed by atoms with Gasteiger partial charge in [-0.25, -0.2) is 4.68 Å². The Morgan fingerprint density at radius 3 is 2.87 bits per heavy atom. The first-order chi connectivity index (χ1) is 15.1. The fourth-order valence-corrected chi connectivity index (χ4v) is 4.59. The molecule has 1 fully saturated rings. The smallest absolute Gasteiger partial charge is 0.144 e. The van der Waals surface area contributed by atoms with Crippen LogP contribution >= 0.6 is 0 Å². The van der Waals surface area contributed by atoms with E-state index in [1.165, 1.54) is 24.1 Å². The van der Waals surface area contributed by atoms with Crippen molar-refractivity contribution in [3.8, 4) is 11.4 Å². The van der Waals surface area contributed by atoms with E-state index < -0.39 is 0 Å². The highest BCUT2D eigenvalue weighted by molar-refractivity contribution is 5.49. The lowest BCUT2D eigenvalue weighted by Crippen LogP contribution is -2.35. The van der Waals surface area contributed by atoms with Gasteiger partial charge in [-0.2, -0.15) is 5.10 Å². The number of benzene rings is 1. The minimum Gasteiger partial charge on any atom is -0.494 e. The Hall–Kier alpha value is -2.15. The van der Waals surface area contributed by atoms with Crippen molar-refractivity contribution in [2.24, 2.45) is 0 Å². The number of para-hydroxylation sites is 2. The third kappa shape index (κ3) is 5.03. The van der Waals surface area contributed by atoms with Gasteiger partial charge in [-0.05, 0) is 44.4 Å². The van der Waals surface area contributed by atoms with Crippen LogP contribution in [0.5, 0.6) is 5.75 Å². The molecule has 6 heteroatoms. The van der Waals surface area contributed by atoms with Crippen LogP contribution in [-0.4, -0.2) is 63.6 Å². The first kappa shape index (κ1) is 22.1. The molecule has 0 spiro atoms. The predicted octanol–water partition coefficient (Wildman–Crippen LogP) is 3.55. The molecule has 1 aromatic heterocycles. The van der Waals surface area contributed by atoms with Gasteiger partial charge in [0.2, 0.25) is 0 Å². The molecule has 2 heterocycles. The summed E-state index contributed by atoms with van der Waals surface area (Å²) in [5.41, 5.74) is 4.79. The Morgan fingerprint density at radius 2 is 2.16 bits per heavy atom. The first-order valence-electron chi connectivity index (χ1n) is 11.6. The summed E-state index contributed by atoms with van der Waals surface area (Å²) in [6, 6.07) is 8.68. The number of nitrogens with zero attached hydrogens (tertiary/aromatic N) is 4. The number of methoxy groups -OCH3 is 1. The number of likely N-dealkylation sites (N-methyl/N-ethyl adjacent to an activating group) is 1. The SMILES string of the molecule is C=CCCC(O)CN(Cc1nn(-c2ccccc2OC)c2c1CN(CC)CC2)C1CC1. The van der Waals surface area contributed by atoms with E-state index in [9.17, 15) is 5.11 Å². The van der Waals surface area contributed by atoms with Crippen LogP contribution in [0.3, 0.4) is 0 Å². The van der Waals surface area contributed by atoms with Crippen LogP contribution in [0.4, 0.5) is 0 Å². The van der Waals surface area contributed by atoms with Crippen molar-refractivity contribution in [3.05, 3.63) is 53.9 Å². The molecule has 2 aromatic rings. The summed E-state index contributed by atoms with van der Waals surface area (Å²) in [5, 5.41) is 15.7. The molecule has 1 atom stereocenters. The second-order valence-corrected chi connectivity index (χ2v) is 8.75. The van der Waals surface area contributed by atoms with E-state index in [4.69, 9.17) is 9.84 Å². The Bertz CT molecular complexity index is 890. The normalized spacial score (nSPS) is 17.5. The molecule has 0 bridgehead atoms. The van der Waals surface area contributed by atoms with Gasteiger partial charge >= 0.3 is 0 Å². The van der Waals surface area contributed by atoms with Crippen LogP contribution in [0.25, 0.3) is 5.69 Å².